The van der Waals surface area contributed by atoms with E-state index in [1.54, 1.807) is 0 Å². The van der Waals surface area contributed by atoms with Gasteiger partial charge in [-0.2, -0.15) is 0 Å². The van der Waals surface area contributed by atoms with Crippen molar-refractivity contribution in [3.63, 3.8) is 0 Å². The van der Waals surface area contributed by atoms with Gasteiger partial charge in [0.1, 0.15) is 11.3 Å². The summed E-state index contributed by atoms with van der Waals surface area (Å²) < 4.78 is 30.1. The number of halogens is 2. The van der Waals surface area contributed by atoms with Crippen molar-refractivity contribution in [2.24, 2.45) is 0 Å². The van der Waals surface area contributed by atoms with Gasteiger partial charge in [0.15, 0.2) is 11.6 Å². The van der Waals surface area contributed by atoms with Crippen LogP contribution in [0.15, 0.2) is 6.07 Å². The second kappa shape index (κ2) is 3.61. The van der Waals surface area contributed by atoms with Crippen LogP contribution in [0, 0.1) is 18.6 Å². The number of phenols is 1. The number of carbonyl (C=O) groups is 1. The number of benzene rings is 1. The van der Waals surface area contributed by atoms with Crippen molar-refractivity contribution in [1.82, 2.24) is 0 Å². The highest BCUT2D eigenvalue weighted by molar-refractivity contribution is 5.93. The number of esters is 1. The van der Waals surface area contributed by atoms with Crippen LogP contribution in [-0.4, -0.2) is 18.2 Å². The summed E-state index contributed by atoms with van der Waals surface area (Å²) in [7, 11) is 1.02. The Hall–Kier alpha value is -1.65. The summed E-state index contributed by atoms with van der Waals surface area (Å²) in [4.78, 5) is 11.0. The molecule has 1 N–H and O–H groups in total. The number of hydrogen-bond donors (Lipinski definition) is 1. The monoisotopic (exact) mass is 202 g/mol. The fourth-order valence-electron chi connectivity index (χ4n) is 1.03. The molecule has 0 aliphatic heterocycles. The molecule has 0 heterocycles. The molecule has 0 aromatic heterocycles. The molecule has 0 radical (unpaired) electrons. The maximum absolute atomic E-state index is 13.0. The van der Waals surface area contributed by atoms with Crippen molar-refractivity contribution < 1.29 is 23.4 Å². The van der Waals surface area contributed by atoms with Crippen LogP contribution in [0.5, 0.6) is 5.75 Å². The van der Waals surface area contributed by atoms with Gasteiger partial charge in [-0.3, -0.25) is 0 Å². The Kier molecular flexibility index (Phi) is 2.69. The van der Waals surface area contributed by atoms with Crippen LogP contribution >= 0.6 is 0 Å². The first kappa shape index (κ1) is 10.4. The van der Waals surface area contributed by atoms with Crippen LogP contribution in [0.25, 0.3) is 0 Å². The Morgan fingerprint density at radius 1 is 1.50 bits per heavy atom. The van der Waals surface area contributed by atoms with E-state index >= 15 is 0 Å². The minimum atomic E-state index is -1.40. The number of carbonyl (C=O) groups excluding carboxylic acids is 1. The Morgan fingerprint density at radius 2 is 2.07 bits per heavy atom. The largest absolute Gasteiger partial charge is 0.507 e. The summed E-state index contributed by atoms with van der Waals surface area (Å²) in [6.45, 7) is 1.35. The summed E-state index contributed by atoms with van der Waals surface area (Å²) in [5, 5.41) is 9.30. The number of phenolic OH excluding ortho intramolecular Hbond substituents is 1. The van der Waals surface area contributed by atoms with Crippen molar-refractivity contribution in [3.05, 3.63) is 28.8 Å². The smallest absolute Gasteiger partial charge is 0.344 e. The summed E-state index contributed by atoms with van der Waals surface area (Å²) in [6, 6.07) is 0.803. The van der Waals surface area contributed by atoms with Crippen molar-refractivity contribution in [2.45, 2.75) is 6.92 Å². The average Bonchev–Trinajstić information content (AvgIpc) is 2.15. The van der Waals surface area contributed by atoms with Crippen LogP contribution in [0.2, 0.25) is 0 Å². The summed E-state index contributed by atoms with van der Waals surface area (Å²) >= 11 is 0. The molecule has 0 bridgehead atoms. The maximum Gasteiger partial charge on any atom is 0.344 e. The molecule has 0 spiro atoms. The van der Waals surface area contributed by atoms with Crippen molar-refractivity contribution in [1.29, 1.82) is 0 Å². The Bertz CT molecular complexity index is 362. The molecule has 1 aromatic carbocycles. The third-order valence-electron chi connectivity index (χ3n) is 1.77. The zero-order valence-electron chi connectivity index (χ0n) is 7.60. The zero-order valence-corrected chi connectivity index (χ0v) is 7.60. The minimum absolute atomic E-state index is 0.0734. The molecular weight excluding hydrogens is 194 g/mol. The predicted molar refractivity (Wildman–Crippen MR) is 44.1 cm³/mol. The molecule has 1 aromatic rings. The number of rotatable bonds is 1. The van der Waals surface area contributed by atoms with Crippen LogP contribution in [0.1, 0.15) is 15.9 Å². The fourth-order valence-corrected chi connectivity index (χ4v) is 1.03. The van der Waals surface area contributed by atoms with Gasteiger partial charge in [0, 0.05) is 0 Å². The highest BCUT2D eigenvalue weighted by Gasteiger charge is 2.22. The van der Waals surface area contributed by atoms with Gasteiger partial charge in [0.25, 0.3) is 0 Å². The van der Waals surface area contributed by atoms with Gasteiger partial charge in [0.05, 0.1) is 7.11 Å². The van der Waals surface area contributed by atoms with Gasteiger partial charge in [-0.15, -0.1) is 0 Å². The lowest BCUT2D eigenvalue weighted by molar-refractivity contribution is 0.0590. The van der Waals surface area contributed by atoms with E-state index in [0.717, 1.165) is 13.2 Å². The Morgan fingerprint density at radius 3 is 2.57 bits per heavy atom. The average molecular weight is 202 g/mol. The first-order chi connectivity index (χ1) is 6.49. The number of aryl methyl sites for hydroxylation is 1. The molecule has 0 aliphatic rings. The molecule has 0 saturated carbocycles. The van der Waals surface area contributed by atoms with E-state index in [-0.39, 0.29) is 5.56 Å². The first-order valence-corrected chi connectivity index (χ1v) is 3.75. The molecule has 0 fully saturated rings. The topological polar surface area (TPSA) is 46.5 Å². The molecule has 3 nitrogen and oxygen atoms in total. The zero-order chi connectivity index (χ0) is 10.9. The number of ether oxygens (including phenoxy) is 1. The second-order valence-electron chi connectivity index (χ2n) is 2.70. The molecule has 0 aliphatic carbocycles. The van der Waals surface area contributed by atoms with E-state index < -0.39 is 28.9 Å². The van der Waals surface area contributed by atoms with Gasteiger partial charge in [-0.05, 0) is 18.6 Å². The highest BCUT2D eigenvalue weighted by atomic mass is 19.2. The summed E-state index contributed by atoms with van der Waals surface area (Å²) in [5.41, 5.74) is -0.700. The molecular formula is C9H8F2O3. The SMILES string of the molecule is COC(=O)c1c(O)c(C)cc(F)c1F. The summed E-state index contributed by atoms with van der Waals surface area (Å²) in [6.07, 6.45) is 0. The molecule has 0 amide bonds. The second-order valence-corrected chi connectivity index (χ2v) is 2.70. The first-order valence-electron chi connectivity index (χ1n) is 3.75. The van der Waals surface area contributed by atoms with Gasteiger partial charge in [-0.1, -0.05) is 0 Å². The quantitative estimate of drug-likeness (QED) is 0.706. The minimum Gasteiger partial charge on any atom is -0.507 e. The van der Waals surface area contributed by atoms with Crippen molar-refractivity contribution in [2.75, 3.05) is 7.11 Å². The van der Waals surface area contributed by atoms with Gasteiger partial charge >= 0.3 is 5.97 Å². The normalized spacial score (nSPS) is 10.0. The van der Waals surface area contributed by atoms with Crippen molar-refractivity contribution in [3.8, 4) is 5.75 Å². The number of methoxy groups -OCH3 is 1. The van der Waals surface area contributed by atoms with E-state index in [4.69, 9.17) is 0 Å². The molecule has 5 heteroatoms. The number of aromatic hydroxyl groups is 1. The fraction of sp³-hybridized carbons (Fsp3) is 0.222. The van der Waals surface area contributed by atoms with E-state index in [2.05, 4.69) is 4.74 Å². The van der Waals surface area contributed by atoms with Crippen molar-refractivity contribution >= 4 is 5.97 Å². The number of hydrogen-bond acceptors (Lipinski definition) is 3. The molecule has 0 saturated heterocycles. The van der Waals surface area contributed by atoms with E-state index in [9.17, 15) is 18.7 Å². The third kappa shape index (κ3) is 1.53. The summed E-state index contributed by atoms with van der Waals surface area (Å²) in [5.74, 6) is -4.31. The Balaban J connectivity index is 3.47. The van der Waals surface area contributed by atoms with Gasteiger partial charge in [-0.25, -0.2) is 13.6 Å². The molecule has 1 rings (SSSR count). The van der Waals surface area contributed by atoms with Gasteiger partial charge < -0.3 is 9.84 Å². The predicted octanol–water partition coefficient (Wildman–Crippen LogP) is 1.77. The molecule has 76 valence electrons. The van der Waals surface area contributed by atoms with Crippen LogP contribution in [-0.2, 0) is 4.74 Å². The van der Waals surface area contributed by atoms with Crippen LogP contribution < -0.4 is 0 Å². The standard InChI is InChI=1S/C9H8F2O3/c1-4-3-5(10)7(11)6(8(4)12)9(13)14-2/h3,12H,1-2H3. The third-order valence-corrected chi connectivity index (χ3v) is 1.77. The van der Waals surface area contributed by atoms with Gasteiger partial charge in [0.2, 0.25) is 0 Å². The van der Waals surface area contributed by atoms with Crippen LogP contribution in [0.3, 0.4) is 0 Å². The maximum atomic E-state index is 13.0. The highest BCUT2D eigenvalue weighted by Crippen LogP contribution is 2.27. The lowest BCUT2D eigenvalue weighted by Crippen LogP contribution is -2.07. The van der Waals surface area contributed by atoms with E-state index in [0.29, 0.717) is 0 Å². The van der Waals surface area contributed by atoms with E-state index in [1.165, 1.54) is 6.92 Å². The Labute approximate surface area is 78.9 Å². The lowest BCUT2D eigenvalue weighted by atomic mass is 10.1. The van der Waals surface area contributed by atoms with E-state index in [1.807, 2.05) is 0 Å². The molecule has 0 unspecified atom stereocenters. The lowest BCUT2D eigenvalue weighted by Gasteiger charge is -2.07. The molecule has 0 atom stereocenters. The van der Waals surface area contributed by atoms with Crippen LogP contribution in [0.4, 0.5) is 8.78 Å². The molecule has 14 heavy (non-hydrogen) atoms.